The second kappa shape index (κ2) is 5.32. The van der Waals surface area contributed by atoms with E-state index < -0.39 is 0 Å². The van der Waals surface area contributed by atoms with E-state index >= 15 is 0 Å². The molecule has 1 fully saturated rings. The van der Waals surface area contributed by atoms with Gasteiger partial charge in [-0.15, -0.1) is 0 Å². The molecule has 1 rings (SSSR count). The van der Waals surface area contributed by atoms with Gasteiger partial charge < -0.3 is 15.2 Å². The Morgan fingerprint density at radius 3 is 2.43 bits per heavy atom. The topological polar surface area (TPSA) is 61.6 Å². The van der Waals surface area contributed by atoms with E-state index in [0.29, 0.717) is 13.2 Å². The summed E-state index contributed by atoms with van der Waals surface area (Å²) < 4.78 is 10.6. The van der Waals surface area contributed by atoms with Gasteiger partial charge in [-0.3, -0.25) is 4.79 Å². The van der Waals surface area contributed by atoms with Crippen molar-refractivity contribution in [2.24, 2.45) is 17.6 Å². The normalized spacial score (nSPS) is 20.2. The largest absolute Gasteiger partial charge is 0.369 e. The molecule has 0 radical (unpaired) electrons. The molecule has 82 valence electrons. The monoisotopic (exact) mass is 201 g/mol. The van der Waals surface area contributed by atoms with Crippen LogP contribution < -0.4 is 5.73 Å². The number of hydrogen-bond acceptors (Lipinski definition) is 3. The van der Waals surface area contributed by atoms with Crippen LogP contribution >= 0.6 is 0 Å². The summed E-state index contributed by atoms with van der Waals surface area (Å²) in [6.07, 6.45) is 1.37. The van der Waals surface area contributed by atoms with Gasteiger partial charge in [0.2, 0.25) is 5.91 Å². The minimum absolute atomic E-state index is 0.0669. The van der Waals surface area contributed by atoms with Gasteiger partial charge in [-0.05, 0) is 18.8 Å². The maximum Gasteiger partial charge on any atom is 0.220 e. The van der Waals surface area contributed by atoms with Crippen LogP contribution in [-0.4, -0.2) is 25.4 Å². The molecule has 0 aromatic carbocycles. The summed E-state index contributed by atoms with van der Waals surface area (Å²) in [5, 5.41) is 0. The highest BCUT2D eigenvalue weighted by atomic mass is 16.7. The molecule has 1 saturated heterocycles. The zero-order valence-electron chi connectivity index (χ0n) is 8.86. The standard InChI is InChI=1S/C10H19NO3/c1-7(2)8(10(11)12)3-4-9-13-5-6-14-9/h7-9H,3-6H2,1-2H3,(H2,11,12). The van der Waals surface area contributed by atoms with Crippen LogP contribution in [0.5, 0.6) is 0 Å². The average Bonchev–Trinajstić information content (AvgIpc) is 2.55. The molecule has 1 aliphatic rings. The lowest BCUT2D eigenvalue weighted by Gasteiger charge is -2.18. The number of hydrogen-bond donors (Lipinski definition) is 1. The highest BCUT2D eigenvalue weighted by Crippen LogP contribution is 2.20. The van der Waals surface area contributed by atoms with Gasteiger partial charge in [-0.25, -0.2) is 0 Å². The lowest BCUT2D eigenvalue weighted by molar-refractivity contribution is -0.124. The van der Waals surface area contributed by atoms with Crippen molar-refractivity contribution in [2.45, 2.75) is 33.0 Å². The van der Waals surface area contributed by atoms with Crippen molar-refractivity contribution in [2.75, 3.05) is 13.2 Å². The first-order valence-corrected chi connectivity index (χ1v) is 5.13. The molecule has 1 amide bonds. The van der Waals surface area contributed by atoms with Crippen LogP contribution in [0, 0.1) is 11.8 Å². The van der Waals surface area contributed by atoms with Crippen LogP contribution in [0.3, 0.4) is 0 Å². The molecule has 0 bridgehead atoms. The number of amides is 1. The molecule has 0 aromatic rings. The molecule has 0 saturated carbocycles. The number of primary amides is 1. The van der Waals surface area contributed by atoms with Crippen LogP contribution in [0.2, 0.25) is 0 Å². The summed E-state index contributed by atoms with van der Waals surface area (Å²) >= 11 is 0. The van der Waals surface area contributed by atoms with E-state index in [-0.39, 0.29) is 24.0 Å². The highest BCUT2D eigenvalue weighted by Gasteiger charge is 2.23. The summed E-state index contributed by atoms with van der Waals surface area (Å²) in [7, 11) is 0. The third-order valence-corrected chi connectivity index (χ3v) is 2.57. The fraction of sp³-hybridized carbons (Fsp3) is 0.900. The lowest BCUT2D eigenvalue weighted by Crippen LogP contribution is -2.28. The maximum atomic E-state index is 11.1. The first-order valence-electron chi connectivity index (χ1n) is 5.13. The molecule has 0 aliphatic carbocycles. The Morgan fingerprint density at radius 1 is 1.43 bits per heavy atom. The molecular weight excluding hydrogens is 182 g/mol. The number of rotatable bonds is 5. The molecule has 1 atom stereocenters. The summed E-state index contributed by atoms with van der Waals surface area (Å²) in [5.41, 5.74) is 5.30. The molecule has 1 unspecified atom stereocenters. The second-order valence-corrected chi connectivity index (χ2v) is 4.00. The lowest BCUT2D eigenvalue weighted by atomic mass is 9.90. The molecule has 0 spiro atoms. The Balaban J connectivity index is 2.28. The number of carbonyl (C=O) groups is 1. The van der Waals surface area contributed by atoms with Gasteiger partial charge in [0, 0.05) is 5.92 Å². The number of ether oxygens (including phenoxy) is 2. The van der Waals surface area contributed by atoms with E-state index in [1.807, 2.05) is 13.8 Å². The van der Waals surface area contributed by atoms with Crippen LogP contribution in [0.25, 0.3) is 0 Å². The fourth-order valence-electron chi connectivity index (χ4n) is 1.69. The third-order valence-electron chi connectivity index (χ3n) is 2.57. The first kappa shape index (κ1) is 11.5. The van der Waals surface area contributed by atoms with Crippen molar-refractivity contribution in [1.82, 2.24) is 0 Å². The van der Waals surface area contributed by atoms with E-state index in [2.05, 4.69) is 0 Å². The Morgan fingerprint density at radius 2 is 2.00 bits per heavy atom. The quantitative estimate of drug-likeness (QED) is 0.718. The smallest absolute Gasteiger partial charge is 0.220 e. The van der Waals surface area contributed by atoms with Crippen molar-refractivity contribution >= 4 is 5.91 Å². The van der Waals surface area contributed by atoms with Crippen LogP contribution in [0.4, 0.5) is 0 Å². The molecule has 2 N–H and O–H groups in total. The summed E-state index contributed by atoms with van der Waals surface area (Å²) in [4.78, 5) is 11.1. The summed E-state index contributed by atoms with van der Waals surface area (Å²) in [5.74, 6) is -0.00491. The van der Waals surface area contributed by atoms with Crippen LogP contribution in [-0.2, 0) is 14.3 Å². The van der Waals surface area contributed by atoms with E-state index in [0.717, 1.165) is 12.8 Å². The van der Waals surface area contributed by atoms with E-state index in [4.69, 9.17) is 15.2 Å². The van der Waals surface area contributed by atoms with Gasteiger partial charge in [0.1, 0.15) is 0 Å². The molecule has 4 heteroatoms. The SMILES string of the molecule is CC(C)C(CCC1OCCO1)C(N)=O. The third kappa shape index (κ3) is 3.27. The molecule has 4 nitrogen and oxygen atoms in total. The van der Waals surface area contributed by atoms with E-state index in [9.17, 15) is 4.79 Å². The maximum absolute atomic E-state index is 11.1. The Labute approximate surface area is 84.7 Å². The Kier molecular flexibility index (Phi) is 4.35. The Bertz CT molecular complexity index is 188. The van der Waals surface area contributed by atoms with Crippen LogP contribution in [0.15, 0.2) is 0 Å². The van der Waals surface area contributed by atoms with Gasteiger partial charge in [0.15, 0.2) is 6.29 Å². The molecule has 14 heavy (non-hydrogen) atoms. The van der Waals surface area contributed by atoms with Crippen LogP contribution in [0.1, 0.15) is 26.7 Å². The van der Waals surface area contributed by atoms with Gasteiger partial charge in [0.05, 0.1) is 13.2 Å². The second-order valence-electron chi connectivity index (χ2n) is 4.00. The van der Waals surface area contributed by atoms with Crippen molar-refractivity contribution in [1.29, 1.82) is 0 Å². The minimum atomic E-state index is -0.224. The Hall–Kier alpha value is -0.610. The molecule has 1 heterocycles. The number of carbonyl (C=O) groups excluding carboxylic acids is 1. The predicted molar refractivity (Wildman–Crippen MR) is 52.4 cm³/mol. The van der Waals surface area contributed by atoms with Gasteiger partial charge >= 0.3 is 0 Å². The van der Waals surface area contributed by atoms with Crippen molar-refractivity contribution in [3.63, 3.8) is 0 Å². The van der Waals surface area contributed by atoms with Crippen molar-refractivity contribution in [3.8, 4) is 0 Å². The molecule has 0 aromatic heterocycles. The average molecular weight is 201 g/mol. The van der Waals surface area contributed by atoms with Crippen molar-refractivity contribution in [3.05, 3.63) is 0 Å². The summed E-state index contributed by atoms with van der Waals surface area (Å²) in [6.45, 7) is 5.33. The van der Waals surface area contributed by atoms with E-state index in [1.165, 1.54) is 0 Å². The zero-order chi connectivity index (χ0) is 10.6. The first-order chi connectivity index (χ1) is 6.61. The summed E-state index contributed by atoms with van der Waals surface area (Å²) in [6, 6.07) is 0. The fourth-order valence-corrected chi connectivity index (χ4v) is 1.69. The van der Waals surface area contributed by atoms with Gasteiger partial charge in [-0.1, -0.05) is 13.8 Å². The van der Waals surface area contributed by atoms with Gasteiger partial charge in [0.25, 0.3) is 0 Å². The van der Waals surface area contributed by atoms with Gasteiger partial charge in [-0.2, -0.15) is 0 Å². The highest BCUT2D eigenvalue weighted by molar-refractivity contribution is 5.76. The molecular formula is C10H19NO3. The minimum Gasteiger partial charge on any atom is -0.369 e. The van der Waals surface area contributed by atoms with E-state index in [1.54, 1.807) is 0 Å². The zero-order valence-corrected chi connectivity index (χ0v) is 8.86. The predicted octanol–water partition coefficient (Wildman–Crippen LogP) is 0.897. The molecule has 1 aliphatic heterocycles. The van der Waals surface area contributed by atoms with Crippen molar-refractivity contribution < 1.29 is 14.3 Å². The number of nitrogens with two attached hydrogens (primary N) is 1.